The van der Waals surface area contributed by atoms with Crippen molar-refractivity contribution in [3.8, 4) is 6.07 Å². The molecule has 1 aliphatic heterocycles. The first-order valence-corrected chi connectivity index (χ1v) is 8.45. The Balaban J connectivity index is 1.66. The van der Waals surface area contributed by atoms with E-state index >= 15 is 0 Å². The maximum absolute atomic E-state index is 12.5. The highest BCUT2D eigenvalue weighted by Crippen LogP contribution is 2.27. The molecule has 1 unspecified atom stereocenters. The van der Waals surface area contributed by atoms with Crippen molar-refractivity contribution < 1.29 is 14.4 Å². The van der Waals surface area contributed by atoms with Crippen LogP contribution in [0, 0.1) is 17.2 Å². The summed E-state index contributed by atoms with van der Waals surface area (Å²) in [5.74, 6) is -1.03. The SMILES string of the molecule is CC(=O)Nc1ccc(N2CC(C(=O)Nc3cccc(C#N)c3)CC2=O)cc1. The molecule has 1 atom stereocenters. The minimum absolute atomic E-state index is 0.122. The van der Waals surface area contributed by atoms with Gasteiger partial charge in [0, 0.05) is 37.0 Å². The van der Waals surface area contributed by atoms with Gasteiger partial charge in [0.15, 0.2) is 0 Å². The number of amides is 3. The number of benzene rings is 2. The van der Waals surface area contributed by atoms with Crippen LogP contribution in [-0.4, -0.2) is 24.3 Å². The average Bonchev–Trinajstić information content (AvgIpc) is 3.04. The monoisotopic (exact) mass is 362 g/mol. The highest BCUT2D eigenvalue weighted by atomic mass is 16.2. The molecule has 0 aliphatic carbocycles. The lowest BCUT2D eigenvalue weighted by Gasteiger charge is -2.17. The van der Waals surface area contributed by atoms with Crippen molar-refractivity contribution in [1.29, 1.82) is 5.26 Å². The lowest BCUT2D eigenvalue weighted by Crippen LogP contribution is -2.28. The molecule has 136 valence electrons. The van der Waals surface area contributed by atoms with Crippen LogP contribution in [-0.2, 0) is 14.4 Å². The van der Waals surface area contributed by atoms with E-state index in [-0.39, 0.29) is 30.7 Å². The summed E-state index contributed by atoms with van der Waals surface area (Å²) in [5, 5.41) is 14.4. The summed E-state index contributed by atoms with van der Waals surface area (Å²) in [4.78, 5) is 37.5. The summed E-state index contributed by atoms with van der Waals surface area (Å²) in [6.07, 6.45) is 0.122. The van der Waals surface area contributed by atoms with Crippen molar-refractivity contribution in [2.45, 2.75) is 13.3 Å². The Hall–Kier alpha value is -3.66. The normalized spacial score (nSPS) is 15.9. The van der Waals surface area contributed by atoms with Gasteiger partial charge >= 0.3 is 0 Å². The fraction of sp³-hybridized carbons (Fsp3) is 0.200. The number of carbonyl (C=O) groups excluding carboxylic acids is 3. The maximum atomic E-state index is 12.5. The Morgan fingerprint density at radius 1 is 1.11 bits per heavy atom. The third-order valence-electron chi connectivity index (χ3n) is 4.25. The summed E-state index contributed by atoms with van der Waals surface area (Å²) >= 11 is 0. The zero-order chi connectivity index (χ0) is 19.4. The van der Waals surface area contributed by atoms with Crippen molar-refractivity contribution in [2.24, 2.45) is 5.92 Å². The molecule has 7 heteroatoms. The predicted molar refractivity (Wildman–Crippen MR) is 101 cm³/mol. The van der Waals surface area contributed by atoms with Crippen LogP contribution in [0.25, 0.3) is 0 Å². The Morgan fingerprint density at radius 3 is 2.52 bits per heavy atom. The third kappa shape index (κ3) is 4.30. The molecule has 1 fully saturated rings. The highest BCUT2D eigenvalue weighted by molar-refractivity contribution is 6.03. The van der Waals surface area contributed by atoms with E-state index in [1.807, 2.05) is 6.07 Å². The van der Waals surface area contributed by atoms with Crippen LogP contribution in [0.15, 0.2) is 48.5 Å². The molecule has 2 aromatic carbocycles. The van der Waals surface area contributed by atoms with Gasteiger partial charge in [-0.3, -0.25) is 14.4 Å². The number of hydrogen-bond donors (Lipinski definition) is 2. The predicted octanol–water partition coefficient (Wildman–Crippen LogP) is 2.51. The zero-order valence-electron chi connectivity index (χ0n) is 14.7. The minimum Gasteiger partial charge on any atom is -0.326 e. The van der Waals surface area contributed by atoms with E-state index in [2.05, 4.69) is 10.6 Å². The van der Waals surface area contributed by atoms with Gasteiger partial charge in [0.2, 0.25) is 17.7 Å². The van der Waals surface area contributed by atoms with E-state index in [4.69, 9.17) is 5.26 Å². The molecule has 1 aliphatic rings. The maximum Gasteiger partial charge on any atom is 0.229 e. The van der Waals surface area contributed by atoms with Crippen molar-refractivity contribution in [3.05, 3.63) is 54.1 Å². The number of anilines is 3. The standard InChI is InChI=1S/C20H18N4O3/c1-13(25)22-16-5-7-18(8-6-16)24-12-15(10-19(24)26)20(27)23-17-4-2-3-14(9-17)11-21/h2-9,15H,10,12H2,1H3,(H,22,25)(H,23,27). The van der Waals surface area contributed by atoms with Crippen molar-refractivity contribution in [1.82, 2.24) is 0 Å². The fourth-order valence-electron chi connectivity index (χ4n) is 2.97. The summed E-state index contributed by atoms with van der Waals surface area (Å²) in [6.45, 7) is 1.70. The van der Waals surface area contributed by atoms with Gasteiger partial charge in [-0.1, -0.05) is 6.07 Å². The number of carbonyl (C=O) groups is 3. The smallest absolute Gasteiger partial charge is 0.229 e. The highest BCUT2D eigenvalue weighted by Gasteiger charge is 2.35. The second-order valence-electron chi connectivity index (χ2n) is 6.32. The molecule has 2 N–H and O–H groups in total. The van der Waals surface area contributed by atoms with Gasteiger partial charge in [0.05, 0.1) is 17.6 Å². The van der Waals surface area contributed by atoms with E-state index in [0.29, 0.717) is 22.6 Å². The molecule has 3 amide bonds. The van der Waals surface area contributed by atoms with Crippen LogP contribution in [0.4, 0.5) is 17.1 Å². The van der Waals surface area contributed by atoms with Crippen LogP contribution < -0.4 is 15.5 Å². The lowest BCUT2D eigenvalue weighted by atomic mass is 10.1. The Bertz CT molecular complexity index is 931. The lowest BCUT2D eigenvalue weighted by molar-refractivity contribution is -0.122. The first kappa shape index (κ1) is 18.1. The summed E-state index contributed by atoms with van der Waals surface area (Å²) in [5.41, 5.74) is 2.31. The van der Waals surface area contributed by atoms with Crippen LogP contribution >= 0.6 is 0 Å². The second-order valence-corrected chi connectivity index (χ2v) is 6.32. The van der Waals surface area contributed by atoms with Crippen LogP contribution in [0.5, 0.6) is 0 Å². The summed E-state index contributed by atoms with van der Waals surface area (Å²) < 4.78 is 0. The third-order valence-corrected chi connectivity index (χ3v) is 4.25. The fourth-order valence-corrected chi connectivity index (χ4v) is 2.97. The first-order chi connectivity index (χ1) is 13.0. The second kappa shape index (κ2) is 7.70. The number of nitrogens with zero attached hydrogens (tertiary/aromatic N) is 2. The number of nitrogens with one attached hydrogen (secondary N) is 2. The number of hydrogen-bond acceptors (Lipinski definition) is 4. The first-order valence-electron chi connectivity index (χ1n) is 8.45. The quantitative estimate of drug-likeness (QED) is 0.872. The molecule has 1 saturated heterocycles. The van der Waals surface area contributed by atoms with Gasteiger partial charge in [-0.25, -0.2) is 0 Å². The van der Waals surface area contributed by atoms with E-state index in [9.17, 15) is 14.4 Å². The van der Waals surface area contributed by atoms with E-state index < -0.39 is 5.92 Å². The molecule has 0 spiro atoms. The summed E-state index contributed by atoms with van der Waals surface area (Å²) in [7, 11) is 0. The van der Waals surface area contributed by atoms with E-state index in [0.717, 1.165) is 0 Å². The van der Waals surface area contributed by atoms with Crippen LogP contribution in [0.2, 0.25) is 0 Å². The molecule has 1 heterocycles. The molecule has 2 aromatic rings. The Labute approximate surface area is 156 Å². The van der Waals surface area contributed by atoms with Gasteiger partial charge in [0.25, 0.3) is 0 Å². The Kier molecular flexibility index (Phi) is 5.18. The number of nitriles is 1. The topological polar surface area (TPSA) is 102 Å². The molecule has 0 saturated carbocycles. The van der Waals surface area contributed by atoms with Crippen LogP contribution in [0.1, 0.15) is 18.9 Å². The van der Waals surface area contributed by atoms with E-state index in [1.165, 1.54) is 6.92 Å². The van der Waals surface area contributed by atoms with Crippen molar-refractivity contribution >= 4 is 34.8 Å². The van der Waals surface area contributed by atoms with Gasteiger partial charge in [-0.05, 0) is 42.5 Å². The van der Waals surface area contributed by atoms with Gasteiger partial charge in [-0.2, -0.15) is 5.26 Å². The molecule has 0 bridgehead atoms. The van der Waals surface area contributed by atoms with Gasteiger partial charge in [0.1, 0.15) is 0 Å². The molecule has 0 aromatic heterocycles. The van der Waals surface area contributed by atoms with Crippen molar-refractivity contribution in [3.63, 3.8) is 0 Å². The van der Waals surface area contributed by atoms with E-state index in [1.54, 1.807) is 53.4 Å². The molecule has 3 rings (SSSR count). The molecule has 7 nitrogen and oxygen atoms in total. The average molecular weight is 362 g/mol. The summed E-state index contributed by atoms with van der Waals surface area (Å²) in [6, 6.07) is 15.6. The van der Waals surface area contributed by atoms with Gasteiger partial charge in [-0.15, -0.1) is 0 Å². The Morgan fingerprint density at radius 2 is 1.85 bits per heavy atom. The number of rotatable bonds is 4. The van der Waals surface area contributed by atoms with Crippen LogP contribution in [0.3, 0.4) is 0 Å². The molecule has 27 heavy (non-hydrogen) atoms. The molecular weight excluding hydrogens is 344 g/mol. The molecular formula is C20H18N4O3. The van der Waals surface area contributed by atoms with Crippen molar-refractivity contribution in [2.75, 3.05) is 22.1 Å². The minimum atomic E-state index is -0.474. The van der Waals surface area contributed by atoms with Gasteiger partial charge < -0.3 is 15.5 Å². The largest absolute Gasteiger partial charge is 0.326 e. The molecule has 0 radical (unpaired) electrons. The zero-order valence-corrected chi connectivity index (χ0v) is 14.7.